The predicted molar refractivity (Wildman–Crippen MR) is 62.7 cm³/mol. The fourth-order valence-corrected chi connectivity index (χ4v) is 3.51. The van der Waals surface area contributed by atoms with Crippen LogP contribution in [0.25, 0.3) is 0 Å². The van der Waals surface area contributed by atoms with Crippen molar-refractivity contribution in [1.29, 1.82) is 0 Å². The van der Waals surface area contributed by atoms with Crippen LogP contribution in [0.3, 0.4) is 0 Å². The number of hydrogen-bond acceptors (Lipinski definition) is 2. The van der Waals surface area contributed by atoms with E-state index in [1.54, 1.807) is 0 Å². The van der Waals surface area contributed by atoms with Crippen LogP contribution in [0.4, 0.5) is 0 Å². The van der Waals surface area contributed by atoms with E-state index in [-0.39, 0.29) is 5.54 Å². The van der Waals surface area contributed by atoms with Gasteiger partial charge in [0.25, 0.3) is 0 Å². The van der Waals surface area contributed by atoms with Gasteiger partial charge in [0.2, 0.25) is 0 Å². The quantitative estimate of drug-likeness (QED) is 0.724. The molecule has 1 aliphatic carbocycles. The van der Waals surface area contributed by atoms with Crippen LogP contribution in [-0.4, -0.2) is 18.8 Å². The van der Waals surface area contributed by atoms with Crippen molar-refractivity contribution in [3.63, 3.8) is 0 Å². The largest absolute Gasteiger partial charge is 0.381 e. The average Bonchev–Trinajstić information content (AvgIpc) is 2.17. The van der Waals surface area contributed by atoms with E-state index in [0.717, 1.165) is 13.2 Å². The van der Waals surface area contributed by atoms with Crippen molar-refractivity contribution in [1.82, 2.24) is 0 Å². The molecule has 0 aromatic rings. The first-order valence-corrected chi connectivity index (χ1v) is 6.39. The second-order valence-electron chi connectivity index (χ2n) is 6.34. The first-order valence-electron chi connectivity index (χ1n) is 6.39. The van der Waals surface area contributed by atoms with Crippen molar-refractivity contribution in [2.24, 2.45) is 17.1 Å². The van der Waals surface area contributed by atoms with E-state index in [9.17, 15) is 0 Å². The van der Waals surface area contributed by atoms with E-state index in [1.807, 2.05) is 0 Å². The van der Waals surface area contributed by atoms with Crippen LogP contribution in [0.5, 0.6) is 0 Å². The zero-order valence-electron chi connectivity index (χ0n) is 10.2. The van der Waals surface area contributed by atoms with Gasteiger partial charge in [-0.1, -0.05) is 20.3 Å². The van der Waals surface area contributed by atoms with Gasteiger partial charge in [0.1, 0.15) is 0 Å². The molecule has 0 bridgehead atoms. The number of ether oxygens (including phenoxy) is 1. The zero-order chi connectivity index (χ0) is 10.9. The van der Waals surface area contributed by atoms with Gasteiger partial charge in [-0.05, 0) is 37.5 Å². The van der Waals surface area contributed by atoms with Crippen LogP contribution in [-0.2, 0) is 4.74 Å². The Hall–Kier alpha value is -0.0800. The summed E-state index contributed by atoms with van der Waals surface area (Å²) in [5.74, 6) is 0.603. The molecule has 2 fully saturated rings. The van der Waals surface area contributed by atoms with Crippen molar-refractivity contribution in [3.8, 4) is 0 Å². The molecule has 1 heterocycles. The van der Waals surface area contributed by atoms with E-state index in [4.69, 9.17) is 10.5 Å². The van der Waals surface area contributed by atoms with Crippen LogP contribution in [0.2, 0.25) is 0 Å². The first-order chi connectivity index (χ1) is 7.02. The van der Waals surface area contributed by atoms with Gasteiger partial charge < -0.3 is 10.5 Å². The molecule has 2 aliphatic rings. The Bertz CT molecular complexity index is 221. The number of hydrogen-bond donors (Lipinski definition) is 1. The fraction of sp³-hybridized carbons (Fsp3) is 1.00. The minimum Gasteiger partial charge on any atom is -0.381 e. The highest BCUT2D eigenvalue weighted by Gasteiger charge is 2.42. The van der Waals surface area contributed by atoms with Gasteiger partial charge in [0.05, 0.1) is 6.61 Å². The summed E-state index contributed by atoms with van der Waals surface area (Å²) in [6.45, 7) is 6.55. The summed E-state index contributed by atoms with van der Waals surface area (Å²) in [6, 6.07) is 0. The standard InChI is InChI=1S/C13H25NO/c1-12(2)6-4-7-13(14,10-12)11-5-3-8-15-9-11/h11H,3-10,14H2,1-2H3. The third kappa shape index (κ3) is 2.54. The van der Waals surface area contributed by atoms with Gasteiger partial charge in [-0.25, -0.2) is 0 Å². The molecule has 2 nitrogen and oxygen atoms in total. The normalized spacial score (nSPS) is 41.4. The van der Waals surface area contributed by atoms with Gasteiger partial charge >= 0.3 is 0 Å². The Balaban J connectivity index is 2.04. The maximum Gasteiger partial charge on any atom is 0.0511 e. The minimum absolute atomic E-state index is 0.0577. The lowest BCUT2D eigenvalue weighted by Crippen LogP contribution is -2.54. The van der Waals surface area contributed by atoms with Crippen LogP contribution in [0, 0.1) is 11.3 Å². The first kappa shape index (κ1) is 11.4. The van der Waals surface area contributed by atoms with E-state index in [0.29, 0.717) is 11.3 Å². The van der Waals surface area contributed by atoms with E-state index in [1.165, 1.54) is 38.5 Å². The predicted octanol–water partition coefficient (Wildman–Crippen LogP) is 2.71. The summed E-state index contributed by atoms with van der Waals surface area (Å²) in [5.41, 5.74) is 7.12. The Kier molecular flexibility index (Phi) is 3.09. The highest BCUT2D eigenvalue weighted by Crippen LogP contribution is 2.44. The Labute approximate surface area is 93.6 Å². The second-order valence-corrected chi connectivity index (χ2v) is 6.34. The Morgan fingerprint density at radius 1 is 1.20 bits per heavy atom. The lowest BCUT2D eigenvalue weighted by molar-refractivity contribution is -0.00663. The highest BCUT2D eigenvalue weighted by atomic mass is 16.5. The smallest absolute Gasteiger partial charge is 0.0511 e. The van der Waals surface area contributed by atoms with Crippen molar-refractivity contribution in [2.45, 2.75) is 57.9 Å². The molecule has 0 radical (unpaired) electrons. The van der Waals surface area contributed by atoms with Gasteiger partial charge in [0, 0.05) is 18.1 Å². The molecule has 0 aromatic carbocycles. The van der Waals surface area contributed by atoms with Crippen molar-refractivity contribution >= 4 is 0 Å². The summed E-state index contributed by atoms with van der Waals surface area (Å²) < 4.78 is 5.59. The van der Waals surface area contributed by atoms with Crippen LogP contribution < -0.4 is 5.73 Å². The lowest BCUT2D eigenvalue weighted by Gasteiger charge is -2.48. The summed E-state index contributed by atoms with van der Waals surface area (Å²) in [4.78, 5) is 0. The fourth-order valence-electron chi connectivity index (χ4n) is 3.51. The molecule has 2 atom stereocenters. The maximum atomic E-state index is 6.63. The average molecular weight is 211 g/mol. The van der Waals surface area contributed by atoms with Crippen molar-refractivity contribution in [2.75, 3.05) is 13.2 Å². The number of nitrogens with two attached hydrogens (primary N) is 1. The third-order valence-corrected chi connectivity index (χ3v) is 4.28. The molecule has 2 rings (SSSR count). The molecule has 88 valence electrons. The summed E-state index contributed by atoms with van der Waals surface area (Å²) in [5, 5.41) is 0. The summed E-state index contributed by atoms with van der Waals surface area (Å²) >= 11 is 0. The SMILES string of the molecule is CC1(C)CCCC(N)(C2CCCOC2)C1. The molecule has 2 unspecified atom stereocenters. The van der Waals surface area contributed by atoms with Crippen molar-refractivity contribution in [3.05, 3.63) is 0 Å². The molecular weight excluding hydrogens is 186 g/mol. The van der Waals surface area contributed by atoms with Gasteiger partial charge in [-0.15, -0.1) is 0 Å². The molecule has 1 aliphatic heterocycles. The molecule has 2 N–H and O–H groups in total. The topological polar surface area (TPSA) is 35.2 Å². The van der Waals surface area contributed by atoms with Gasteiger partial charge in [-0.2, -0.15) is 0 Å². The zero-order valence-corrected chi connectivity index (χ0v) is 10.2. The molecule has 0 amide bonds. The maximum absolute atomic E-state index is 6.63. The lowest BCUT2D eigenvalue weighted by atomic mass is 9.63. The Morgan fingerprint density at radius 3 is 2.60 bits per heavy atom. The van der Waals surface area contributed by atoms with Crippen LogP contribution in [0.15, 0.2) is 0 Å². The summed E-state index contributed by atoms with van der Waals surface area (Å²) in [6.07, 6.45) is 7.47. The monoisotopic (exact) mass is 211 g/mol. The molecule has 2 heteroatoms. The molecule has 1 saturated heterocycles. The molecular formula is C13H25NO. The number of rotatable bonds is 1. The molecule has 0 spiro atoms. The molecule has 0 aromatic heterocycles. The van der Waals surface area contributed by atoms with E-state index < -0.39 is 0 Å². The molecule has 1 saturated carbocycles. The van der Waals surface area contributed by atoms with E-state index in [2.05, 4.69) is 13.8 Å². The van der Waals surface area contributed by atoms with E-state index >= 15 is 0 Å². The molecule has 15 heavy (non-hydrogen) atoms. The second kappa shape index (κ2) is 4.06. The van der Waals surface area contributed by atoms with Gasteiger partial charge in [0.15, 0.2) is 0 Å². The summed E-state index contributed by atoms with van der Waals surface area (Å²) in [7, 11) is 0. The third-order valence-electron chi connectivity index (χ3n) is 4.28. The highest BCUT2D eigenvalue weighted by molar-refractivity contribution is 4.99. The van der Waals surface area contributed by atoms with Crippen LogP contribution >= 0.6 is 0 Å². The van der Waals surface area contributed by atoms with Crippen molar-refractivity contribution < 1.29 is 4.74 Å². The van der Waals surface area contributed by atoms with Gasteiger partial charge in [-0.3, -0.25) is 0 Å². The van der Waals surface area contributed by atoms with Crippen LogP contribution in [0.1, 0.15) is 52.4 Å². The Morgan fingerprint density at radius 2 is 2.00 bits per heavy atom. The minimum atomic E-state index is 0.0577.